The van der Waals surface area contributed by atoms with Crippen LogP contribution in [0.4, 0.5) is 4.79 Å². The third kappa shape index (κ3) is 9.35. The summed E-state index contributed by atoms with van der Waals surface area (Å²) in [5.74, 6) is -0.720. The summed E-state index contributed by atoms with van der Waals surface area (Å²) in [6, 6.07) is -0.396. The van der Waals surface area contributed by atoms with Gasteiger partial charge in [-0.05, 0) is 18.3 Å². The zero-order chi connectivity index (χ0) is 15.7. The number of hydrogen-bond acceptors (Lipinski definition) is 3. The first-order valence-corrected chi connectivity index (χ1v) is 7.03. The van der Waals surface area contributed by atoms with E-state index in [2.05, 4.69) is 5.32 Å². The quantitative estimate of drug-likeness (QED) is 0.715. The van der Waals surface area contributed by atoms with Gasteiger partial charge in [0.15, 0.2) is 0 Å². The second-order valence-electron chi connectivity index (χ2n) is 5.79. The predicted octanol–water partition coefficient (Wildman–Crippen LogP) is 2.09. The Kier molecular flexibility index (Phi) is 8.59. The molecule has 0 aromatic carbocycles. The maximum atomic E-state index is 12.0. The SMILES string of the molecule is CC(C)CN(CC(C)C)C(=O)NC(=O)CCCC(=O)O. The lowest BCUT2D eigenvalue weighted by Crippen LogP contribution is -2.45. The minimum atomic E-state index is -0.939. The third-order valence-electron chi connectivity index (χ3n) is 2.50. The van der Waals surface area contributed by atoms with Crippen molar-refractivity contribution in [3.63, 3.8) is 0 Å². The fourth-order valence-corrected chi connectivity index (χ4v) is 1.78. The molecule has 0 aromatic heterocycles. The highest BCUT2D eigenvalue weighted by Crippen LogP contribution is 2.04. The molecule has 0 heterocycles. The average molecular weight is 286 g/mol. The highest BCUT2D eigenvalue weighted by molar-refractivity contribution is 5.94. The lowest BCUT2D eigenvalue weighted by Gasteiger charge is -2.26. The summed E-state index contributed by atoms with van der Waals surface area (Å²) in [5, 5.41) is 10.8. The Hall–Kier alpha value is -1.59. The third-order valence-corrected chi connectivity index (χ3v) is 2.50. The second-order valence-corrected chi connectivity index (χ2v) is 5.79. The van der Waals surface area contributed by atoms with Crippen LogP contribution in [0.15, 0.2) is 0 Å². The predicted molar refractivity (Wildman–Crippen MR) is 76.3 cm³/mol. The molecule has 3 amide bonds. The van der Waals surface area contributed by atoms with Gasteiger partial charge in [-0.15, -0.1) is 0 Å². The highest BCUT2D eigenvalue weighted by Gasteiger charge is 2.18. The van der Waals surface area contributed by atoms with E-state index >= 15 is 0 Å². The van der Waals surface area contributed by atoms with Gasteiger partial charge < -0.3 is 10.0 Å². The van der Waals surface area contributed by atoms with Crippen LogP contribution in [0, 0.1) is 11.8 Å². The molecule has 0 radical (unpaired) electrons. The number of amides is 3. The number of hydrogen-bond donors (Lipinski definition) is 2. The van der Waals surface area contributed by atoms with Gasteiger partial charge in [0.25, 0.3) is 0 Å². The van der Waals surface area contributed by atoms with Gasteiger partial charge in [0.05, 0.1) is 0 Å². The maximum absolute atomic E-state index is 12.0. The second kappa shape index (κ2) is 9.34. The summed E-state index contributed by atoms with van der Waals surface area (Å²) in [5.41, 5.74) is 0. The minimum Gasteiger partial charge on any atom is -0.481 e. The first-order valence-electron chi connectivity index (χ1n) is 7.03. The van der Waals surface area contributed by atoms with E-state index in [0.29, 0.717) is 24.9 Å². The van der Waals surface area contributed by atoms with E-state index in [0.717, 1.165) is 0 Å². The highest BCUT2D eigenvalue weighted by atomic mass is 16.4. The van der Waals surface area contributed by atoms with E-state index in [1.165, 1.54) is 0 Å². The summed E-state index contributed by atoms with van der Waals surface area (Å²) in [7, 11) is 0. The number of nitrogens with zero attached hydrogens (tertiary/aromatic N) is 1. The molecule has 0 aromatic rings. The van der Waals surface area contributed by atoms with Crippen LogP contribution in [-0.4, -0.2) is 41.0 Å². The van der Waals surface area contributed by atoms with Crippen molar-refractivity contribution in [2.45, 2.75) is 47.0 Å². The Morgan fingerprint density at radius 1 is 1.00 bits per heavy atom. The average Bonchev–Trinajstić information content (AvgIpc) is 2.25. The standard InChI is InChI=1S/C14H26N2O4/c1-10(2)8-16(9-11(3)4)14(20)15-12(17)6-5-7-13(18)19/h10-11H,5-9H2,1-4H3,(H,18,19)(H,15,17,20). The molecule has 116 valence electrons. The van der Waals surface area contributed by atoms with Gasteiger partial charge in [-0.1, -0.05) is 27.7 Å². The van der Waals surface area contributed by atoms with Gasteiger partial charge in [0.2, 0.25) is 5.91 Å². The molecule has 0 rings (SSSR count). The Bertz CT molecular complexity index is 330. The zero-order valence-corrected chi connectivity index (χ0v) is 12.8. The summed E-state index contributed by atoms with van der Waals surface area (Å²) in [6.07, 6.45) is 0.224. The summed E-state index contributed by atoms with van der Waals surface area (Å²) >= 11 is 0. The van der Waals surface area contributed by atoms with Gasteiger partial charge in [-0.3, -0.25) is 14.9 Å². The van der Waals surface area contributed by atoms with E-state index in [1.807, 2.05) is 27.7 Å². The van der Waals surface area contributed by atoms with E-state index in [4.69, 9.17) is 5.11 Å². The van der Waals surface area contributed by atoms with E-state index < -0.39 is 17.9 Å². The molecule has 0 bridgehead atoms. The molecule has 0 aliphatic heterocycles. The molecule has 6 nitrogen and oxygen atoms in total. The van der Waals surface area contributed by atoms with Crippen molar-refractivity contribution in [1.82, 2.24) is 10.2 Å². The summed E-state index contributed by atoms with van der Waals surface area (Å²) < 4.78 is 0. The molecule has 20 heavy (non-hydrogen) atoms. The van der Waals surface area contributed by atoms with Crippen LogP contribution in [0.25, 0.3) is 0 Å². The molecule has 0 unspecified atom stereocenters. The van der Waals surface area contributed by atoms with E-state index in [-0.39, 0.29) is 19.3 Å². The molecule has 0 atom stereocenters. The van der Waals surface area contributed by atoms with Gasteiger partial charge in [0.1, 0.15) is 0 Å². The van der Waals surface area contributed by atoms with Crippen molar-refractivity contribution in [3.8, 4) is 0 Å². The number of nitrogens with one attached hydrogen (secondary N) is 1. The monoisotopic (exact) mass is 286 g/mol. The van der Waals surface area contributed by atoms with Gasteiger partial charge in [-0.2, -0.15) is 0 Å². The van der Waals surface area contributed by atoms with Crippen LogP contribution in [0.5, 0.6) is 0 Å². The van der Waals surface area contributed by atoms with Crippen molar-refractivity contribution in [2.24, 2.45) is 11.8 Å². The topological polar surface area (TPSA) is 86.7 Å². The lowest BCUT2D eigenvalue weighted by atomic mass is 10.1. The van der Waals surface area contributed by atoms with Crippen LogP contribution in [0.2, 0.25) is 0 Å². The Morgan fingerprint density at radius 2 is 1.50 bits per heavy atom. The molecule has 0 aliphatic rings. The molecule has 2 N–H and O–H groups in total. The smallest absolute Gasteiger partial charge is 0.324 e. The van der Waals surface area contributed by atoms with Crippen LogP contribution >= 0.6 is 0 Å². The maximum Gasteiger partial charge on any atom is 0.324 e. The fourth-order valence-electron chi connectivity index (χ4n) is 1.78. The lowest BCUT2D eigenvalue weighted by molar-refractivity contribution is -0.137. The van der Waals surface area contributed by atoms with Crippen LogP contribution < -0.4 is 5.32 Å². The Balaban J connectivity index is 4.29. The molecule has 0 saturated carbocycles. The molecule has 6 heteroatoms. The molecule has 0 aliphatic carbocycles. The first-order chi connectivity index (χ1) is 9.22. The number of imide groups is 1. The molecular weight excluding hydrogens is 260 g/mol. The van der Waals surface area contributed by atoms with E-state index in [1.54, 1.807) is 4.90 Å². The van der Waals surface area contributed by atoms with Gasteiger partial charge in [0, 0.05) is 25.9 Å². The van der Waals surface area contributed by atoms with Crippen LogP contribution in [-0.2, 0) is 9.59 Å². The van der Waals surface area contributed by atoms with Crippen molar-refractivity contribution in [2.75, 3.05) is 13.1 Å². The van der Waals surface area contributed by atoms with Crippen molar-refractivity contribution < 1.29 is 19.5 Å². The van der Waals surface area contributed by atoms with Gasteiger partial charge in [-0.25, -0.2) is 4.79 Å². The number of urea groups is 1. The van der Waals surface area contributed by atoms with Crippen molar-refractivity contribution in [1.29, 1.82) is 0 Å². The van der Waals surface area contributed by atoms with Crippen molar-refractivity contribution >= 4 is 17.9 Å². The Morgan fingerprint density at radius 3 is 1.90 bits per heavy atom. The van der Waals surface area contributed by atoms with Gasteiger partial charge >= 0.3 is 12.0 Å². The van der Waals surface area contributed by atoms with E-state index in [9.17, 15) is 14.4 Å². The molecule has 0 spiro atoms. The van der Waals surface area contributed by atoms with Crippen molar-refractivity contribution in [3.05, 3.63) is 0 Å². The van der Waals surface area contributed by atoms with Crippen LogP contribution in [0.1, 0.15) is 47.0 Å². The molecule has 0 saturated heterocycles. The normalized spacial score (nSPS) is 10.7. The first kappa shape index (κ1) is 18.4. The number of rotatable bonds is 8. The summed E-state index contributed by atoms with van der Waals surface area (Å²) in [4.78, 5) is 35.5. The zero-order valence-electron chi connectivity index (χ0n) is 12.8. The minimum absolute atomic E-state index is 0.0508. The number of carbonyl (C=O) groups excluding carboxylic acids is 2. The number of carboxylic acids is 1. The number of carboxylic acid groups (broad SMARTS) is 1. The summed E-state index contributed by atoms with van der Waals surface area (Å²) in [6.45, 7) is 9.22. The largest absolute Gasteiger partial charge is 0.481 e. The number of carbonyl (C=O) groups is 3. The fraction of sp³-hybridized carbons (Fsp3) is 0.786. The van der Waals surface area contributed by atoms with Crippen LogP contribution in [0.3, 0.4) is 0 Å². The molecule has 0 fully saturated rings. The Labute approximate surface area is 120 Å². The molecular formula is C14H26N2O4. The number of aliphatic carboxylic acids is 1.